The van der Waals surface area contributed by atoms with Crippen LogP contribution in [0.3, 0.4) is 0 Å². The van der Waals surface area contributed by atoms with Gasteiger partial charge in [0.25, 0.3) is 0 Å². The molecule has 1 aliphatic carbocycles. The lowest BCUT2D eigenvalue weighted by molar-refractivity contribution is -0.123. The monoisotopic (exact) mass is 351 g/mol. The fourth-order valence-electron chi connectivity index (χ4n) is 3.14. The van der Waals surface area contributed by atoms with Gasteiger partial charge in [0, 0.05) is 24.2 Å². The zero-order valence-electron chi connectivity index (χ0n) is 15.2. The van der Waals surface area contributed by atoms with Crippen molar-refractivity contribution in [2.24, 2.45) is 11.8 Å². The van der Waals surface area contributed by atoms with Crippen molar-refractivity contribution >= 4 is 15.6 Å². The number of sulfone groups is 1. The molecule has 5 heteroatoms. The van der Waals surface area contributed by atoms with E-state index in [9.17, 15) is 13.2 Å². The van der Waals surface area contributed by atoms with Gasteiger partial charge >= 0.3 is 0 Å². The van der Waals surface area contributed by atoms with Crippen LogP contribution in [0.2, 0.25) is 0 Å². The summed E-state index contributed by atoms with van der Waals surface area (Å²) in [5.74, 6) is 0.734. The van der Waals surface area contributed by atoms with E-state index < -0.39 is 14.6 Å². The van der Waals surface area contributed by atoms with Crippen LogP contribution in [0, 0.1) is 18.8 Å². The molecule has 2 rings (SSSR count). The summed E-state index contributed by atoms with van der Waals surface area (Å²) in [5.41, 5.74) is 1.91. The molecule has 0 bridgehead atoms. The standard InChI is InChI=1S/C19H29NO3S/c1-14-5-10-17(20-12-14)11-18(21)16-8-6-15(7-9-16)13-24(22,23)19(2,3)4/h5,10,12,15-16H,6-9,11,13H2,1-4H3. The Morgan fingerprint density at radius 3 is 2.29 bits per heavy atom. The molecular weight excluding hydrogens is 322 g/mol. The van der Waals surface area contributed by atoms with E-state index in [1.54, 1.807) is 27.0 Å². The predicted octanol–water partition coefficient (Wildman–Crippen LogP) is 3.52. The topological polar surface area (TPSA) is 64.1 Å². The number of nitrogens with zero attached hydrogens (tertiary/aromatic N) is 1. The third-order valence-corrected chi connectivity index (χ3v) is 7.79. The van der Waals surface area contributed by atoms with Crippen molar-refractivity contribution in [2.75, 3.05) is 5.75 Å². The normalized spacial score (nSPS) is 22.3. The second kappa shape index (κ2) is 7.34. The zero-order valence-corrected chi connectivity index (χ0v) is 16.0. The molecule has 0 spiro atoms. The summed E-state index contributed by atoms with van der Waals surface area (Å²) in [7, 11) is -3.08. The molecule has 1 aliphatic rings. The van der Waals surface area contributed by atoms with E-state index in [0.717, 1.165) is 36.9 Å². The molecule has 134 valence electrons. The summed E-state index contributed by atoms with van der Waals surface area (Å²) in [6.45, 7) is 7.25. The Balaban J connectivity index is 1.86. The highest BCUT2D eigenvalue weighted by molar-refractivity contribution is 7.92. The number of hydrogen-bond donors (Lipinski definition) is 0. The average Bonchev–Trinajstić information content (AvgIpc) is 2.49. The first kappa shape index (κ1) is 19.1. The van der Waals surface area contributed by atoms with Gasteiger partial charge in [-0.1, -0.05) is 6.07 Å². The molecule has 0 saturated heterocycles. The summed E-state index contributed by atoms with van der Waals surface area (Å²) >= 11 is 0. The van der Waals surface area contributed by atoms with Gasteiger partial charge in [-0.05, 0) is 70.9 Å². The van der Waals surface area contributed by atoms with E-state index in [1.807, 2.05) is 19.1 Å². The van der Waals surface area contributed by atoms with Crippen molar-refractivity contribution in [3.05, 3.63) is 29.6 Å². The van der Waals surface area contributed by atoms with Crippen LogP contribution in [-0.4, -0.2) is 29.7 Å². The summed E-state index contributed by atoms with van der Waals surface area (Å²) in [4.78, 5) is 16.7. The van der Waals surface area contributed by atoms with E-state index in [1.165, 1.54) is 0 Å². The molecule has 1 aromatic rings. The number of hydrogen-bond acceptors (Lipinski definition) is 4. The van der Waals surface area contributed by atoms with Gasteiger partial charge in [-0.3, -0.25) is 9.78 Å². The van der Waals surface area contributed by atoms with Crippen LogP contribution in [0.5, 0.6) is 0 Å². The average molecular weight is 352 g/mol. The Hall–Kier alpha value is -1.23. The van der Waals surface area contributed by atoms with Gasteiger partial charge in [0.05, 0.1) is 10.5 Å². The maximum atomic E-state index is 12.4. The third-order valence-electron chi connectivity index (χ3n) is 5.02. The predicted molar refractivity (Wildman–Crippen MR) is 96.7 cm³/mol. The SMILES string of the molecule is Cc1ccc(CC(=O)C2CCC(CS(=O)(=O)C(C)(C)C)CC2)nc1. The second-order valence-electron chi connectivity index (χ2n) is 8.08. The smallest absolute Gasteiger partial charge is 0.155 e. The Morgan fingerprint density at radius 2 is 1.79 bits per heavy atom. The Morgan fingerprint density at radius 1 is 1.17 bits per heavy atom. The Labute approximate surface area is 146 Å². The van der Waals surface area contributed by atoms with Crippen LogP contribution in [0.4, 0.5) is 0 Å². The van der Waals surface area contributed by atoms with Gasteiger partial charge in [0.2, 0.25) is 0 Å². The van der Waals surface area contributed by atoms with E-state index in [2.05, 4.69) is 4.98 Å². The lowest BCUT2D eigenvalue weighted by Crippen LogP contribution is -2.35. The van der Waals surface area contributed by atoms with Crippen molar-refractivity contribution in [1.82, 2.24) is 4.98 Å². The molecule has 1 saturated carbocycles. The molecule has 1 fully saturated rings. The molecule has 24 heavy (non-hydrogen) atoms. The zero-order chi connectivity index (χ0) is 18.0. The molecule has 0 amide bonds. The van der Waals surface area contributed by atoms with Crippen LogP contribution in [0.1, 0.15) is 57.7 Å². The highest BCUT2D eigenvalue weighted by Crippen LogP contribution is 2.32. The minimum Gasteiger partial charge on any atom is -0.299 e. The second-order valence-corrected chi connectivity index (χ2v) is 10.9. The fourth-order valence-corrected chi connectivity index (χ4v) is 4.59. The van der Waals surface area contributed by atoms with E-state index >= 15 is 0 Å². The van der Waals surface area contributed by atoms with Gasteiger partial charge in [0.1, 0.15) is 5.78 Å². The summed E-state index contributed by atoms with van der Waals surface area (Å²) in [5, 5.41) is 0. The molecule has 1 heterocycles. The van der Waals surface area contributed by atoms with Gasteiger partial charge in [0.15, 0.2) is 9.84 Å². The molecular formula is C19H29NO3S. The number of aryl methyl sites for hydroxylation is 1. The minimum absolute atomic E-state index is 0.0571. The van der Waals surface area contributed by atoms with Gasteiger partial charge in [-0.2, -0.15) is 0 Å². The molecule has 0 aromatic carbocycles. The van der Waals surface area contributed by atoms with Crippen molar-refractivity contribution in [1.29, 1.82) is 0 Å². The van der Waals surface area contributed by atoms with E-state index in [0.29, 0.717) is 6.42 Å². The Bertz CT molecular complexity index is 664. The first-order valence-electron chi connectivity index (χ1n) is 8.75. The summed E-state index contributed by atoms with van der Waals surface area (Å²) in [6, 6.07) is 3.89. The van der Waals surface area contributed by atoms with Crippen LogP contribution >= 0.6 is 0 Å². The quantitative estimate of drug-likeness (QED) is 0.814. The summed E-state index contributed by atoms with van der Waals surface area (Å²) < 4.78 is 24.0. The molecule has 0 radical (unpaired) electrons. The van der Waals surface area contributed by atoms with E-state index in [4.69, 9.17) is 0 Å². The number of rotatable bonds is 5. The maximum absolute atomic E-state index is 12.4. The lowest BCUT2D eigenvalue weighted by Gasteiger charge is -2.29. The molecule has 0 N–H and O–H groups in total. The van der Waals surface area contributed by atoms with Crippen LogP contribution < -0.4 is 0 Å². The number of carbonyl (C=O) groups is 1. The van der Waals surface area contributed by atoms with E-state index in [-0.39, 0.29) is 23.4 Å². The highest BCUT2D eigenvalue weighted by atomic mass is 32.2. The maximum Gasteiger partial charge on any atom is 0.155 e. The molecule has 0 atom stereocenters. The van der Waals surface area contributed by atoms with Crippen LogP contribution in [0.15, 0.2) is 18.3 Å². The van der Waals surface area contributed by atoms with Gasteiger partial charge in [-0.25, -0.2) is 8.42 Å². The summed E-state index contributed by atoms with van der Waals surface area (Å²) in [6.07, 6.45) is 5.43. The third kappa shape index (κ3) is 4.88. The van der Waals surface area contributed by atoms with Crippen LogP contribution in [0.25, 0.3) is 0 Å². The fraction of sp³-hybridized carbons (Fsp3) is 0.684. The van der Waals surface area contributed by atoms with Crippen LogP contribution in [-0.2, 0) is 21.1 Å². The number of Topliss-reactive ketones (excluding diaryl/α,β-unsaturated/α-hetero) is 1. The number of carbonyl (C=O) groups excluding carboxylic acids is 1. The first-order valence-corrected chi connectivity index (χ1v) is 10.4. The van der Waals surface area contributed by atoms with Crippen molar-refractivity contribution in [3.8, 4) is 0 Å². The Kier molecular flexibility index (Phi) is 5.84. The number of ketones is 1. The number of aromatic nitrogens is 1. The first-order chi connectivity index (χ1) is 11.1. The van der Waals surface area contributed by atoms with Crippen molar-refractivity contribution in [3.63, 3.8) is 0 Å². The minimum atomic E-state index is -3.08. The van der Waals surface area contributed by atoms with Gasteiger partial charge in [-0.15, -0.1) is 0 Å². The molecule has 4 nitrogen and oxygen atoms in total. The molecule has 0 unspecified atom stereocenters. The molecule has 0 aliphatic heterocycles. The lowest BCUT2D eigenvalue weighted by atomic mass is 9.80. The van der Waals surface area contributed by atoms with Gasteiger partial charge < -0.3 is 0 Å². The van der Waals surface area contributed by atoms with Crippen molar-refractivity contribution < 1.29 is 13.2 Å². The molecule has 1 aromatic heterocycles. The highest BCUT2D eigenvalue weighted by Gasteiger charge is 2.34. The largest absolute Gasteiger partial charge is 0.299 e. The number of pyridine rings is 1. The van der Waals surface area contributed by atoms with Crippen molar-refractivity contribution in [2.45, 2.75) is 64.5 Å².